The fourth-order valence-electron chi connectivity index (χ4n) is 2.51. The molecule has 5 nitrogen and oxygen atoms in total. The summed E-state index contributed by atoms with van der Waals surface area (Å²) in [4.78, 5) is 18.9. The van der Waals surface area contributed by atoms with Gasteiger partial charge in [0.1, 0.15) is 5.65 Å². The van der Waals surface area contributed by atoms with Crippen molar-refractivity contribution in [2.75, 3.05) is 19.6 Å². The van der Waals surface area contributed by atoms with Crippen molar-refractivity contribution in [3.63, 3.8) is 0 Å². The standard InChI is InChI=1S/C14H18N4O/c1-11-9-15-5-7-17(11)10-12-8-14(19)18-6-3-2-4-13(18)16-12/h2-4,6,8,11,15H,5,7,9-10H2,1H3/t11-/m1/s1. The lowest BCUT2D eigenvalue weighted by atomic mass is 10.2. The van der Waals surface area contributed by atoms with Crippen molar-refractivity contribution < 1.29 is 0 Å². The molecule has 1 aliphatic rings. The van der Waals surface area contributed by atoms with E-state index in [1.54, 1.807) is 16.7 Å². The van der Waals surface area contributed by atoms with Crippen LogP contribution in [0.3, 0.4) is 0 Å². The summed E-state index contributed by atoms with van der Waals surface area (Å²) in [6.07, 6.45) is 1.75. The van der Waals surface area contributed by atoms with Gasteiger partial charge in [-0.25, -0.2) is 4.98 Å². The minimum Gasteiger partial charge on any atom is -0.314 e. The van der Waals surface area contributed by atoms with E-state index in [2.05, 4.69) is 22.1 Å². The van der Waals surface area contributed by atoms with E-state index in [-0.39, 0.29) is 5.56 Å². The number of nitrogens with zero attached hydrogens (tertiary/aromatic N) is 3. The highest BCUT2D eigenvalue weighted by Gasteiger charge is 2.18. The predicted octanol–water partition coefficient (Wildman–Crippen LogP) is 0.488. The first-order valence-corrected chi connectivity index (χ1v) is 6.66. The number of pyridine rings is 1. The molecule has 0 aromatic carbocycles. The molecule has 1 saturated heterocycles. The van der Waals surface area contributed by atoms with Crippen LogP contribution in [0.25, 0.3) is 5.65 Å². The molecule has 1 atom stereocenters. The summed E-state index contributed by atoms with van der Waals surface area (Å²) in [6, 6.07) is 7.73. The molecule has 1 aliphatic heterocycles. The molecule has 100 valence electrons. The van der Waals surface area contributed by atoms with Gasteiger partial charge in [0.2, 0.25) is 0 Å². The van der Waals surface area contributed by atoms with E-state index in [0.29, 0.717) is 11.7 Å². The average molecular weight is 258 g/mol. The number of rotatable bonds is 2. The van der Waals surface area contributed by atoms with Crippen molar-refractivity contribution in [1.82, 2.24) is 19.6 Å². The normalized spacial score (nSPS) is 20.8. The second-order valence-corrected chi connectivity index (χ2v) is 5.04. The smallest absolute Gasteiger partial charge is 0.258 e. The molecule has 19 heavy (non-hydrogen) atoms. The molecule has 3 rings (SSSR count). The van der Waals surface area contributed by atoms with Gasteiger partial charge >= 0.3 is 0 Å². The van der Waals surface area contributed by atoms with Crippen LogP contribution in [0, 0.1) is 0 Å². The van der Waals surface area contributed by atoms with Gasteiger partial charge < -0.3 is 5.32 Å². The topological polar surface area (TPSA) is 49.6 Å². The lowest BCUT2D eigenvalue weighted by molar-refractivity contribution is 0.164. The molecule has 1 N–H and O–H groups in total. The fourth-order valence-corrected chi connectivity index (χ4v) is 2.51. The molecule has 2 aromatic rings. The Kier molecular flexibility index (Phi) is 3.31. The second-order valence-electron chi connectivity index (χ2n) is 5.04. The van der Waals surface area contributed by atoms with Gasteiger partial charge in [-0.2, -0.15) is 0 Å². The van der Waals surface area contributed by atoms with Crippen molar-refractivity contribution in [3.05, 3.63) is 46.5 Å². The van der Waals surface area contributed by atoms with E-state index in [9.17, 15) is 4.79 Å². The van der Waals surface area contributed by atoms with Gasteiger partial charge in [0.25, 0.3) is 5.56 Å². The highest BCUT2D eigenvalue weighted by atomic mass is 16.1. The minimum atomic E-state index is -0.0108. The minimum absolute atomic E-state index is 0.0108. The van der Waals surface area contributed by atoms with Crippen molar-refractivity contribution in [1.29, 1.82) is 0 Å². The Balaban J connectivity index is 1.91. The molecule has 0 aliphatic carbocycles. The lowest BCUT2D eigenvalue weighted by Gasteiger charge is -2.33. The molecule has 3 heterocycles. The zero-order valence-electron chi connectivity index (χ0n) is 11.0. The fraction of sp³-hybridized carbons (Fsp3) is 0.429. The molecule has 1 fully saturated rings. The molecule has 0 spiro atoms. The van der Waals surface area contributed by atoms with Gasteiger partial charge in [0.15, 0.2) is 0 Å². The number of hydrogen-bond acceptors (Lipinski definition) is 4. The molecule has 0 bridgehead atoms. The zero-order valence-corrected chi connectivity index (χ0v) is 11.0. The lowest BCUT2D eigenvalue weighted by Crippen LogP contribution is -2.49. The Morgan fingerprint density at radius 3 is 3.21 bits per heavy atom. The summed E-state index contributed by atoms with van der Waals surface area (Å²) >= 11 is 0. The van der Waals surface area contributed by atoms with Gasteiger partial charge in [-0.15, -0.1) is 0 Å². The molecular weight excluding hydrogens is 240 g/mol. The SMILES string of the molecule is C[C@@H]1CNCCN1Cc1cc(=O)n2ccccc2n1. The number of piperazine rings is 1. The third-order valence-corrected chi connectivity index (χ3v) is 3.63. The summed E-state index contributed by atoms with van der Waals surface area (Å²) < 4.78 is 1.57. The van der Waals surface area contributed by atoms with Crippen LogP contribution in [0.4, 0.5) is 0 Å². The molecule has 0 unspecified atom stereocenters. The molecule has 0 amide bonds. The van der Waals surface area contributed by atoms with Gasteiger partial charge in [-0.1, -0.05) is 6.07 Å². The largest absolute Gasteiger partial charge is 0.314 e. The first kappa shape index (κ1) is 12.3. The maximum absolute atomic E-state index is 12.0. The second kappa shape index (κ2) is 5.11. The summed E-state index contributed by atoms with van der Waals surface area (Å²) in [5.74, 6) is 0. The predicted molar refractivity (Wildman–Crippen MR) is 74.2 cm³/mol. The molecule has 5 heteroatoms. The summed E-state index contributed by atoms with van der Waals surface area (Å²) in [5.41, 5.74) is 1.56. The maximum atomic E-state index is 12.0. The van der Waals surface area contributed by atoms with Crippen LogP contribution in [0.5, 0.6) is 0 Å². The molecule has 0 radical (unpaired) electrons. The monoisotopic (exact) mass is 258 g/mol. The first-order valence-electron chi connectivity index (χ1n) is 6.66. The summed E-state index contributed by atoms with van der Waals surface area (Å²) in [5, 5.41) is 3.36. The quantitative estimate of drug-likeness (QED) is 0.851. The van der Waals surface area contributed by atoms with E-state index in [1.807, 2.05) is 18.2 Å². The van der Waals surface area contributed by atoms with E-state index in [4.69, 9.17) is 0 Å². The third kappa shape index (κ3) is 2.52. The van der Waals surface area contributed by atoms with Crippen LogP contribution < -0.4 is 10.9 Å². The number of fused-ring (bicyclic) bond motifs is 1. The summed E-state index contributed by atoms with van der Waals surface area (Å²) in [6.45, 7) is 5.92. The number of nitrogens with one attached hydrogen (secondary N) is 1. The van der Waals surface area contributed by atoms with Gasteiger partial charge in [0, 0.05) is 44.5 Å². The third-order valence-electron chi connectivity index (χ3n) is 3.63. The Morgan fingerprint density at radius 2 is 2.37 bits per heavy atom. The van der Waals surface area contributed by atoms with Crippen LogP contribution in [0.2, 0.25) is 0 Å². The van der Waals surface area contributed by atoms with Crippen LogP contribution in [0.1, 0.15) is 12.6 Å². The Bertz CT molecular complexity index is 637. The number of aromatic nitrogens is 2. The summed E-state index contributed by atoms with van der Waals surface area (Å²) in [7, 11) is 0. The van der Waals surface area contributed by atoms with Crippen LogP contribution in [-0.2, 0) is 6.54 Å². The van der Waals surface area contributed by atoms with E-state index < -0.39 is 0 Å². The van der Waals surface area contributed by atoms with Gasteiger partial charge in [-0.3, -0.25) is 14.1 Å². The molecule has 0 saturated carbocycles. The van der Waals surface area contributed by atoms with Crippen LogP contribution in [-0.4, -0.2) is 40.0 Å². The van der Waals surface area contributed by atoms with Crippen LogP contribution >= 0.6 is 0 Å². The highest BCUT2D eigenvalue weighted by molar-refractivity contribution is 5.37. The van der Waals surface area contributed by atoms with Gasteiger partial charge in [-0.05, 0) is 19.1 Å². The zero-order chi connectivity index (χ0) is 13.2. The maximum Gasteiger partial charge on any atom is 0.258 e. The molecular formula is C14H18N4O. The van der Waals surface area contributed by atoms with E-state index >= 15 is 0 Å². The van der Waals surface area contributed by atoms with Crippen molar-refractivity contribution in [3.8, 4) is 0 Å². The van der Waals surface area contributed by atoms with Crippen molar-refractivity contribution in [2.45, 2.75) is 19.5 Å². The average Bonchev–Trinajstić information content (AvgIpc) is 2.42. The van der Waals surface area contributed by atoms with Crippen molar-refractivity contribution in [2.24, 2.45) is 0 Å². The molecule has 2 aromatic heterocycles. The van der Waals surface area contributed by atoms with Crippen molar-refractivity contribution >= 4 is 5.65 Å². The van der Waals surface area contributed by atoms with E-state index in [1.165, 1.54) is 0 Å². The van der Waals surface area contributed by atoms with E-state index in [0.717, 1.165) is 31.9 Å². The highest BCUT2D eigenvalue weighted by Crippen LogP contribution is 2.08. The first-order chi connectivity index (χ1) is 9.24. The number of hydrogen-bond donors (Lipinski definition) is 1. The Morgan fingerprint density at radius 1 is 1.47 bits per heavy atom. The van der Waals surface area contributed by atoms with Crippen LogP contribution in [0.15, 0.2) is 35.3 Å². The Hall–Kier alpha value is -1.72. The Labute approximate surface area is 111 Å². The van der Waals surface area contributed by atoms with Gasteiger partial charge in [0.05, 0.1) is 5.69 Å².